The van der Waals surface area contributed by atoms with Gasteiger partial charge in [0, 0.05) is 4.88 Å². The maximum absolute atomic E-state index is 11.2. The van der Waals surface area contributed by atoms with Crippen molar-refractivity contribution in [3.63, 3.8) is 0 Å². The van der Waals surface area contributed by atoms with Crippen molar-refractivity contribution in [2.45, 2.75) is 13.0 Å². The van der Waals surface area contributed by atoms with E-state index in [9.17, 15) is 9.90 Å². The predicted molar refractivity (Wildman–Crippen MR) is 63.2 cm³/mol. The average Bonchev–Trinajstić information content (AvgIpc) is 2.95. The van der Waals surface area contributed by atoms with E-state index < -0.39 is 12.1 Å². The molecule has 0 aliphatic rings. The molecule has 0 spiro atoms. The van der Waals surface area contributed by atoms with Gasteiger partial charge in [-0.15, -0.1) is 11.3 Å². The van der Waals surface area contributed by atoms with Crippen molar-refractivity contribution in [2.24, 2.45) is 0 Å². The average molecular weight is 252 g/mol. The first-order chi connectivity index (χ1) is 8.13. The van der Waals surface area contributed by atoms with Gasteiger partial charge in [-0.25, -0.2) is 4.79 Å². The SMILES string of the molecule is COC(=O)c1ccc(C(O)c2sccc2C)o1. The molecule has 0 bridgehead atoms. The molecule has 1 atom stereocenters. The molecule has 0 aromatic carbocycles. The van der Waals surface area contributed by atoms with Crippen LogP contribution < -0.4 is 0 Å². The van der Waals surface area contributed by atoms with Crippen LogP contribution in [-0.4, -0.2) is 18.2 Å². The number of aliphatic hydroxyl groups is 1. The Labute approximate surface area is 102 Å². The van der Waals surface area contributed by atoms with Crippen molar-refractivity contribution >= 4 is 17.3 Å². The number of methoxy groups -OCH3 is 1. The second-order valence-corrected chi connectivity index (χ2v) is 4.51. The summed E-state index contributed by atoms with van der Waals surface area (Å²) in [4.78, 5) is 12.0. The highest BCUT2D eigenvalue weighted by molar-refractivity contribution is 7.10. The molecule has 5 heteroatoms. The van der Waals surface area contributed by atoms with E-state index in [1.807, 2.05) is 18.4 Å². The molecule has 17 heavy (non-hydrogen) atoms. The minimum atomic E-state index is -0.839. The quantitative estimate of drug-likeness (QED) is 0.853. The lowest BCUT2D eigenvalue weighted by Gasteiger charge is -2.06. The van der Waals surface area contributed by atoms with E-state index >= 15 is 0 Å². The number of thiophene rings is 1. The Bertz CT molecular complexity index is 526. The minimum absolute atomic E-state index is 0.0933. The molecule has 2 aromatic heterocycles. The molecule has 0 amide bonds. The Hall–Kier alpha value is -1.59. The van der Waals surface area contributed by atoms with Gasteiger partial charge in [-0.1, -0.05) is 0 Å². The lowest BCUT2D eigenvalue weighted by atomic mass is 10.1. The van der Waals surface area contributed by atoms with Gasteiger partial charge in [-0.2, -0.15) is 0 Å². The van der Waals surface area contributed by atoms with Crippen LogP contribution in [-0.2, 0) is 4.74 Å². The summed E-state index contributed by atoms with van der Waals surface area (Å²) >= 11 is 1.45. The molecule has 0 fully saturated rings. The number of furan rings is 1. The van der Waals surface area contributed by atoms with E-state index in [1.54, 1.807) is 6.07 Å². The van der Waals surface area contributed by atoms with Crippen molar-refractivity contribution in [3.05, 3.63) is 45.5 Å². The highest BCUT2D eigenvalue weighted by Crippen LogP contribution is 2.30. The van der Waals surface area contributed by atoms with Crippen LogP contribution in [0.3, 0.4) is 0 Å². The molecule has 0 radical (unpaired) electrons. The third-order valence-corrected chi connectivity index (χ3v) is 3.50. The first-order valence-corrected chi connectivity index (χ1v) is 5.91. The van der Waals surface area contributed by atoms with Crippen molar-refractivity contribution in [1.82, 2.24) is 0 Å². The third kappa shape index (κ3) is 2.25. The second kappa shape index (κ2) is 4.73. The molecule has 2 heterocycles. The fraction of sp³-hybridized carbons (Fsp3) is 0.250. The molecule has 0 saturated carbocycles. The minimum Gasteiger partial charge on any atom is -0.463 e. The largest absolute Gasteiger partial charge is 0.463 e. The standard InChI is InChI=1S/C12H12O4S/c1-7-5-6-17-11(7)10(13)8-3-4-9(16-8)12(14)15-2/h3-6,10,13H,1-2H3. The number of hydrogen-bond acceptors (Lipinski definition) is 5. The number of aryl methyl sites for hydroxylation is 1. The van der Waals surface area contributed by atoms with Crippen LogP contribution in [0, 0.1) is 6.92 Å². The number of aliphatic hydroxyl groups excluding tert-OH is 1. The summed E-state index contributed by atoms with van der Waals surface area (Å²) in [7, 11) is 1.28. The van der Waals surface area contributed by atoms with Crippen molar-refractivity contribution < 1.29 is 19.1 Å². The summed E-state index contributed by atoms with van der Waals surface area (Å²) in [5.74, 6) is -0.113. The molecule has 2 aromatic rings. The lowest BCUT2D eigenvalue weighted by Crippen LogP contribution is -2.00. The molecule has 0 aliphatic carbocycles. The van der Waals surface area contributed by atoms with Gasteiger partial charge in [-0.3, -0.25) is 0 Å². The maximum atomic E-state index is 11.2. The van der Waals surface area contributed by atoms with Crippen LogP contribution in [0.1, 0.15) is 32.9 Å². The Morgan fingerprint density at radius 2 is 2.24 bits per heavy atom. The molecule has 1 unspecified atom stereocenters. The maximum Gasteiger partial charge on any atom is 0.373 e. The fourth-order valence-electron chi connectivity index (χ4n) is 1.50. The summed E-state index contributed by atoms with van der Waals surface area (Å²) < 4.78 is 9.79. The van der Waals surface area contributed by atoms with Gasteiger partial charge in [0.25, 0.3) is 0 Å². The summed E-state index contributed by atoms with van der Waals surface area (Å²) in [5, 5.41) is 12.0. The number of carbonyl (C=O) groups excluding carboxylic acids is 1. The van der Waals surface area contributed by atoms with Gasteiger partial charge < -0.3 is 14.3 Å². The van der Waals surface area contributed by atoms with E-state index in [1.165, 1.54) is 24.5 Å². The van der Waals surface area contributed by atoms with Crippen LogP contribution in [0.15, 0.2) is 28.0 Å². The van der Waals surface area contributed by atoms with Crippen LogP contribution in [0.4, 0.5) is 0 Å². The first kappa shape index (κ1) is 11.9. The van der Waals surface area contributed by atoms with Crippen molar-refractivity contribution in [2.75, 3.05) is 7.11 Å². The molecule has 4 nitrogen and oxygen atoms in total. The Kier molecular flexibility index (Phi) is 3.31. The van der Waals surface area contributed by atoms with Gasteiger partial charge in [-0.05, 0) is 36.1 Å². The van der Waals surface area contributed by atoms with Crippen LogP contribution in [0.25, 0.3) is 0 Å². The first-order valence-electron chi connectivity index (χ1n) is 5.03. The molecule has 90 valence electrons. The molecule has 2 rings (SSSR count). The van der Waals surface area contributed by atoms with Crippen molar-refractivity contribution in [1.29, 1.82) is 0 Å². The zero-order chi connectivity index (χ0) is 12.4. The van der Waals surface area contributed by atoms with E-state index in [4.69, 9.17) is 4.42 Å². The van der Waals surface area contributed by atoms with Crippen LogP contribution in [0.2, 0.25) is 0 Å². The highest BCUT2D eigenvalue weighted by atomic mass is 32.1. The zero-order valence-electron chi connectivity index (χ0n) is 9.47. The zero-order valence-corrected chi connectivity index (χ0v) is 10.3. The normalized spacial score (nSPS) is 12.4. The van der Waals surface area contributed by atoms with Crippen LogP contribution >= 0.6 is 11.3 Å². The van der Waals surface area contributed by atoms with Gasteiger partial charge in [0.15, 0.2) is 0 Å². The summed E-state index contributed by atoms with van der Waals surface area (Å²) in [6, 6.07) is 5.00. The third-order valence-electron chi connectivity index (χ3n) is 2.43. The molecule has 1 N–H and O–H groups in total. The summed E-state index contributed by atoms with van der Waals surface area (Å²) in [6.07, 6.45) is -0.839. The lowest BCUT2D eigenvalue weighted by molar-refractivity contribution is 0.0558. The van der Waals surface area contributed by atoms with E-state index in [0.717, 1.165) is 10.4 Å². The topological polar surface area (TPSA) is 59.7 Å². The Morgan fingerprint density at radius 1 is 1.47 bits per heavy atom. The van der Waals surface area contributed by atoms with Gasteiger partial charge in [0.1, 0.15) is 11.9 Å². The number of esters is 1. The summed E-state index contributed by atoms with van der Waals surface area (Å²) in [5.41, 5.74) is 0.999. The monoisotopic (exact) mass is 252 g/mol. The molecular weight excluding hydrogens is 240 g/mol. The summed E-state index contributed by atoms with van der Waals surface area (Å²) in [6.45, 7) is 1.92. The number of rotatable bonds is 3. The second-order valence-electron chi connectivity index (χ2n) is 3.56. The van der Waals surface area contributed by atoms with Gasteiger partial charge in [0.2, 0.25) is 5.76 Å². The van der Waals surface area contributed by atoms with Crippen molar-refractivity contribution in [3.8, 4) is 0 Å². The Balaban J connectivity index is 2.26. The highest BCUT2D eigenvalue weighted by Gasteiger charge is 2.20. The predicted octanol–water partition coefficient (Wildman–Crippen LogP) is 2.52. The molecule has 0 aliphatic heterocycles. The number of carbonyl (C=O) groups is 1. The van der Waals surface area contributed by atoms with E-state index in [2.05, 4.69) is 4.74 Å². The number of hydrogen-bond donors (Lipinski definition) is 1. The van der Waals surface area contributed by atoms with Gasteiger partial charge >= 0.3 is 5.97 Å². The Morgan fingerprint density at radius 3 is 2.82 bits per heavy atom. The molecule has 0 saturated heterocycles. The smallest absolute Gasteiger partial charge is 0.373 e. The van der Waals surface area contributed by atoms with E-state index in [-0.39, 0.29) is 5.76 Å². The van der Waals surface area contributed by atoms with Crippen LogP contribution in [0.5, 0.6) is 0 Å². The van der Waals surface area contributed by atoms with Gasteiger partial charge in [0.05, 0.1) is 7.11 Å². The van der Waals surface area contributed by atoms with E-state index in [0.29, 0.717) is 5.76 Å². The molecular formula is C12H12O4S. The fourth-order valence-corrected chi connectivity index (χ4v) is 2.42. The number of ether oxygens (including phenoxy) is 1.